The van der Waals surface area contributed by atoms with E-state index in [9.17, 15) is 4.79 Å². The molecule has 1 rings (SSSR count). The molecule has 128 valence electrons. The van der Waals surface area contributed by atoms with Crippen LogP contribution in [0.5, 0.6) is 0 Å². The molecule has 1 fully saturated rings. The molecule has 0 heterocycles. The maximum atomic E-state index is 12.0. The molecule has 3 atom stereocenters. The first-order valence-electron chi connectivity index (χ1n) is 7.32. The largest absolute Gasteiger partial charge is 0.377 e. The highest BCUT2D eigenvalue weighted by molar-refractivity contribution is 5.85. The number of hydrogen-bond donors (Lipinski definition) is 2. The molecular formula is C14H31Cl2N3O2. The van der Waals surface area contributed by atoms with Gasteiger partial charge in [0, 0.05) is 31.7 Å². The van der Waals surface area contributed by atoms with E-state index in [1.807, 2.05) is 21.0 Å². The number of carbonyl (C=O) groups excluding carboxylic acids is 1. The zero-order valence-electron chi connectivity index (χ0n) is 13.3. The van der Waals surface area contributed by atoms with Gasteiger partial charge >= 0.3 is 0 Å². The molecule has 0 saturated heterocycles. The van der Waals surface area contributed by atoms with Crippen LogP contribution >= 0.6 is 24.8 Å². The summed E-state index contributed by atoms with van der Waals surface area (Å²) in [5.41, 5.74) is 5.84. The van der Waals surface area contributed by atoms with Crippen molar-refractivity contribution in [2.45, 2.75) is 44.8 Å². The Morgan fingerprint density at radius 1 is 1.38 bits per heavy atom. The Morgan fingerprint density at radius 2 is 2.05 bits per heavy atom. The maximum Gasteiger partial charge on any atom is 0.223 e. The van der Waals surface area contributed by atoms with Crippen LogP contribution in [0.4, 0.5) is 0 Å². The first kappa shape index (κ1) is 23.2. The zero-order valence-corrected chi connectivity index (χ0v) is 15.0. The average Bonchev–Trinajstić information content (AvgIpc) is 2.79. The molecule has 1 saturated carbocycles. The van der Waals surface area contributed by atoms with Crippen LogP contribution in [0.15, 0.2) is 0 Å². The summed E-state index contributed by atoms with van der Waals surface area (Å²) in [6.07, 6.45) is 3.75. The van der Waals surface area contributed by atoms with Gasteiger partial charge in [-0.1, -0.05) is 0 Å². The number of nitrogens with two attached hydrogens (primary N) is 1. The molecule has 0 aromatic heterocycles. The molecule has 0 bridgehead atoms. The smallest absolute Gasteiger partial charge is 0.223 e. The third-order valence-corrected chi connectivity index (χ3v) is 3.65. The second-order valence-corrected chi connectivity index (χ2v) is 5.68. The summed E-state index contributed by atoms with van der Waals surface area (Å²) >= 11 is 0. The van der Waals surface area contributed by atoms with Gasteiger partial charge in [-0.3, -0.25) is 4.79 Å². The fraction of sp³-hybridized carbons (Fsp3) is 0.929. The lowest BCUT2D eigenvalue weighted by Gasteiger charge is -2.20. The van der Waals surface area contributed by atoms with Crippen molar-refractivity contribution in [1.29, 1.82) is 0 Å². The van der Waals surface area contributed by atoms with E-state index in [1.165, 1.54) is 0 Å². The van der Waals surface area contributed by atoms with Gasteiger partial charge in [0.25, 0.3) is 0 Å². The van der Waals surface area contributed by atoms with E-state index in [2.05, 4.69) is 10.2 Å². The fourth-order valence-corrected chi connectivity index (χ4v) is 2.50. The first-order chi connectivity index (χ1) is 9.02. The zero-order chi connectivity index (χ0) is 14.3. The molecule has 3 N–H and O–H groups in total. The van der Waals surface area contributed by atoms with E-state index >= 15 is 0 Å². The summed E-state index contributed by atoms with van der Waals surface area (Å²) in [6.45, 7) is 4.24. The molecule has 0 aromatic carbocycles. The second-order valence-electron chi connectivity index (χ2n) is 5.68. The minimum Gasteiger partial charge on any atom is -0.377 e. The van der Waals surface area contributed by atoms with Crippen LogP contribution in [0.2, 0.25) is 0 Å². The molecule has 0 aliphatic heterocycles. The highest BCUT2D eigenvalue weighted by Crippen LogP contribution is 2.23. The number of nitrogens with zero attached hydrogens (tertiary/aromatic N) is 1. The van der Waals surface area contributed by atoms with Gasteiger partial charge in [-0.25, -0.2) is 0 Å². The van der Waals surface area contributed by atoms with Crippen LogP contribution < -0.4 is 11.1 Å². The number of hydrogen-bond acceptors (Lipinski definition) is 4. The van der Waals surface area contributed by atoms with E-state index in [4.69, 9.17) is 10.5 Å². The van der Waals surface area contributed by atoms with E-state index in [0.717, 1.165) is 32.2 Å². The predicted octanol–water partition coefficient (Wildman–Crippen LogP) is 1.43. The summed E-state index contributed by atoms with van der Waals surface area (Å²) in [4.78, 5) is 14.1. The molecule has 0 spiro atoms. The normalized spacial score (nSPS) is 22.3. The molecule has 0 aromatic rings. The third kappa shape index (κ3) is 9.53. The molecule has 1 aliphatic rings. The summed E-state index contributed by atoms with van der Waals surface area (Å²) < 4.78 is 5.66. The number of amides is 1. The third-order valence-electron chi connectivity index (χ3n) is 3.65. The lowest BCUT2D eigenvalue weighted by Crippen LogP contribution is -2.38. The van der Waals surface area contributed by atoms with Gasteiger partial charge in [0.05, 0.1) is 6.10 Å². The standard InChI is InChI=1S/C14H29N3O2.2ClH/c1-4-19-13(7-8-17(2)3)10-16-14(18)11-5-6-12(15)9-11;;/h11-13H,4-10,15H2,1-3H3,(H,16,18);2*1H. The van der Waals surface area contributed by atoms with Crippen molar-refractivity contribution in [2.24, 2.45) is 11.7 Å². The Hall–Kier alpha value is -0.0700. The van der Waals surface area contributed by atoms with Crippen molar-refractivity contribution in [3.63, 3.8) is 0 Å². The van der Waals surface area contributed by atoms with Crippen molar-refractivity contribution >= 4 is 30.7 Å². The summed E-state index contributed by atoms with van der Waals surface area (Å²) in [6, 6.07) is 0.201. The lowest BCUT2D eigenvalue weighted by atomic mass is 10.1. The number of rotatable bonds is 8. The second kappa shape index (κ2) is 12.5. The summed E-state index contributed by atoms with van der Waals surface area (Å²) in [5.74, 6) is 0.244. The number of nitrogens with one attached hydrogen (secondary N) is 1. The van der Waals surface area contributed by atoms with Crippen LogP contribution in [0.25, 0.3) is 0 Å². The SMILES string of the molecule is CCOC(CCN(C)C)CNC(=O)C1CCC(N)C1.Cl.Cl. The quantitative estimate of drug-likeness (QED) is 0.699. The summed E-state index contributed by atoms with van der Waals surface area (Å²) in [7, 11) is 4.09. The van der Waals surface area contributed by atoms with Crippen molar-refractivity contribution in [3.8, 4) is 0 Å². The van der Waals surface area contributed by atoms with Gasteiger partial charge in [-0.2, -0.15) is 0 Å². The number of halogens is 2. The van der Waals surface area contributed by atoms with E-state index in [0.29, 0.717) is 13.2 Å². The van der Waals surface area contributed by atoms with Crippen LogP contribution in [0.1, 0.15) is 32.6 Å². The molecule has 5 nitrogen and oxygen atoms in total. The Kier molecular flexibility index (Phi) is 13.8. The lowest BCUT2D eigenvalue weighted by molar-refractivity contribution is -0.125. The van der Waals surface area contributed by atoms with E-state index in [-0.39, 0.29) is 48.8 Å². The number of ether oxygens (including phenoxy) is 1. The Labute approximate surface area is 141 Å². The van der Waals surface area contributed by atoms with Gasteiger partial charge in [0.2, 0.25) is 5.91 Å². The van der Waals surface area contributed by atoms with Crippen LogP contribution in [0.3, 0.4) is 0 Å². The van der Waals surface area contributed by atoms with Crippen molar-refractivity contribution in [3.05, 3.63) is 0 Å². The average molecular weight is 344 g/mol. The van der Waals surface area contributed by atoms with E-state index in [1.54, 1.807) is 0 Å². The van der Waals surface area contributed by atoms with Gasteiger partial charge in [-0.05, 0) is 46.7 Å². The van der Waals surface area contributed by atoms with Crippen molar-refractivity contribution in [2.75, 3.05) is 33.8 Å². The Morgan fingerprint density at radius 3 is 2.52 bits per heavy atom. The number of carbonyl (C=O) groups is 1. The monoisotopic (exact) mass is 343 g/mol. The van der Waals surface area contributed by atoms with Crippen LogP contribution in [-0.4, -0.2) is 56.7 Å². The molecule has 3 unspecified atom stereocenters. The Balaban J connectivity index is 0. The topological polar surface area (TPSA) is 67.6 Å². The van der Waals surface area contributed by atoms with Crippen molar-refractivity contribution in [1.82, 2.24) is 10.2 Å². The molecule has 0 radical (unpaired) electrons. The van der Waals surface area contributed by atoms with Gasteiger partial charge in [0.1, 0.15) is 0 Å². The summed E-state index contributed by atoms with van der Waals surface area (Å²) in [5, 5.41) is 3.02. The molecule has 1 aliphatic carbocycles. The highest BCUT2D eigenvalue weighted by Gasteiger charge is 2.27. The first-order valence-corrected chi connectivity index (χ1v) is 7.32. The highest BCUT2D eigenvalue weighted by atomic mass is 35.5. The van der Waals surface area contributed by atoms with Gasteiger partial charge in [0.15, 0.2) is 0 Å². The minimum atomic E-state index is 0. The minimum absolute atomic E-state index is 0. The van der Waals surface area contributed by atoms with Crippen molar-refractivity contribution < 1.29 is 9.53 Å². The molecule has 21 heavy (non-hydrogen) atoms. The maximum absolute atomic E-state index is 12.0. The molecular weight excluding hydrogens is 313 g/mol. The van der Waals surface area contributed by atoms with Crippen LogP contribution in [0, 0.1) is 5.92 Å². The Bertz CT molecular complexity index is 281. The van der Waals surface area contributed by atoms with Gasteiger partial charge in [-0.15, -0.1) is 24.8 Å². The van der Waals surface area contributed by atoms with Gasteiger partial charge < -0.3 is 20.7 Å². The van der Waals surface area contributed by atoms with E-state index < -0.39 is 0 Å². The molecule has 1 amide bonds. The molecule has 7 heteroatoms. The van der Waals surface area contributed by atoms with Crippen LogP contribution in [-0.2, 0) is 9.53 Å². The predicted molar refractivity (Wildman–Crippen MR) is 91.4 cm³/mol. The fourth-order valence-electron chi connectivity index (χ4n) is 2.50.